The zero-order valence-electron chi connectivity index (χ0n) is 14.3. The van der Waals surface area contributed by atoms with Gasteiger partial charge in [-0.1, -0.05) is 13.8 Å². The van der Waals surface area contributed by atoms with Gasteiger partial charge in [0.15, 0.2) is 5.78 Å². The number of hydrogen-bond donors (Lipinski definition) is 0. The van der Waals surface area contributed by atoms with Crippen LogP contribution in [0.2, 0.25) is 0 Å². The van der Waals surface area contributed by atoms with Gasteiger partial charge in [0.05, 0.1) is 17.9 Å². The van der Waals surface area contributed by atoms with Crippen LogP contribution in [-0.2, 0) is 16.0 Å². The van der Waals surface area contributed by atoms with Gasteiger partial charge in [0.2, 0.25) is 5.91 Å². The van der Waals surface area contributed by atoms with Crippen molar-refractivity contribution < 1.29 is 14.3 Å². The molecule has 1 aromatic rings. The first-order valence-corrected chi connectivity index (χ1v) is 9.00. The minimum absolute atomic E-state index is 0.0636. The van der Waals surface area contributed by atoms with Crippen LogP contribution in [0.3, 0.4) is 0 Å². The Bertz CT molecular complexity index is 636. The molecule has 0 radical (unpaired) electrons. The summed E-state index contributed by atoms with van der Waals surface area (Å²) in [7, 11) is 1.75. The molecule has 4 nitrogen and oxygen atoms in total. The molecule has 5 heteroatoms. The number of carbonyl (C=O) groups is 2. The Hall–Kier alpha value is -1.20. The molecule has 1 aliphatic heterocycles. The molecule has 126 valence electrons. The van der Waals surface area contributed by atoms with Crippen molar-refractivity contribution in [2.24, 2.45) is 16.7 Å². The number of nitrogens with zero attached hydrogens (tertiary/aromatic N) is 1. The Morgan fingerprint density at radius 1 is 1.43 bits per heavy atom. The predicted octanol–water partition coefficient (Wildman–Crippen LogP) is 3.01. The van der Waals surface area contributed by atoms with Gasteiger partial charge in [0, 0.05) is 25.6 Å². The van der Waals surface area contributed by atoms with Gasteiger partial charge < -0.3 is 9.64 Å². The number of fused-ring (bicyclic) bond motifs is 1. The van der Waals surface area contributed by atoms with E-state index in [1.54, 1.807) is 14.0 Å². The van der Waals surface area contributed by atoms with Crippen LogP contribution < -0.4 is 0 Å². The van der Waals surface area contributed by atoms with E-state index < -0.39 is 0 Å². The highest BCUT2D eigenvalue weighted by Crippen LogP contribution is 2.62. The van der Waals surface area contributed by atoms with Crippen molar-refractivity contribution in [2.75, 3.05) is 26.8 Å². The smallest absolute Gasteiger partial charge is 0.227 e. The maximum atomic E-state index is 12.7. The molecular weight excluding hydrogens is 310 g/mol. The van der Waals surface area contributed by atoms with Crippen LogP contribution in [0, 0.1) is 16.7 Å². The van der Waals surface area contributed by atoms with Crippen molar-refractivity contribution in [2.45, 2.75) is 33.6 Å². The lowest BCUT2D eigenvalue weighted by Gasteiger charge is -2.56. The standard InChI is InChI=1S/C18H25NO3S/c1-12(20)14-5-13(8-23-14)6-16(21)19-7-15-17(2,3)9-18(15,10-19)11-22-4/h5,8,15H,6-7,9-11H2,1-4H3/t15-,18-/m1/s1. The van der Waals surface area contributed by atoms with Gasteiger partial charge in [-0.3, -0.25) is 9.59 Å². The highest BCUT2D eigenvalue weighted by atomic mass is 32.1. The van der Waals surface area contributed by atoms with E-state index in [9.17, 15) is 9.59 Å². The van der Waals surface area contributed by atoms with Crippen molar-refractivity contribution >= 4 is 23.0 Å². The molecule has 0 N–H and O–H groups in total. The minimum Gasteiger partial charge on any atom is -0.384 e. The van der Waals surface area contributed by atoms with Crippen LogP contribution in [0.1, 0.15) is 42.4 Å². The summed E-state index contributed by atoms with van der Waals surface area (Å²) in [6.07, 6.45) is 1.51. The number of thiophene rings is 1. The average molecular weight is 335 g/mol. The van der Waals surface area contributed by atoms with Crippen molar-refractivity contribution in [1.29, 1.82) is 0 Å². The fraction of sp³-hybridized carbons (Fsp3) is 0.667. The molecule has 23 heavy (non-hydrogen) atoms. The topological polar surface area (TPSA) is 46.6 Å². The first-order valence-electron chi connectivity index (χ1n) is 8.12. The summed E-state index contributed by atoms with van der Waals surface area (Å²) < 4.78 is 5.45. The summed E-state index contributed by atoms with van der Waals surface area (Å²) >= 11 is 1.42. The van der Waals surface area contributed by atoms with E-state index in [0.717, 1.165) is 36.6 Å². The fourth-order valence-electron chi connectivity index (χ4n) is 4.74. The summed E-state index contributed by atoms with van der Waals surface area (Å²) in [6.45, 7) is 8.51. The Morgan fingerprint density at radius 3 is 2.74 bits per heavy atom. The molecule has 0 spiro atoms. The van der Waals surface area contributed by atoms with Gasteiger partial charge in [0.1, 0.15) is 0 Å². The quantitative estimate of drug-likeness (QED) is 0.777. The molecule has 1 aliphatic carbocycles. The molecule has 2 atom stereocenters. The molecular formula is C18H25NO3S. The van der Waals surface area contributed by atoms with Crippen LogP contribution >= 0.6 is 11.3 Å². The van der Waals surface area contributed by atoms with E-state index >= 15 is 0 Å². The lowest BCUT2D eigenvalue weighted by atomic mass is 9.48. The summed E-state index contributed by atoms with van der Waals surface area (Å²) in [5, 5.41) is 1.92. The SMILES string of the molecule is COC[C@@]12CN(C(=O)Cc3csc(C(C)=O)c3)C[C@@H]1C(C)(C)C2. The van der Waals surface area contributed by atoms with Gasteiger partial charge >= 0.3 is 0 Å². The van der Waals surface area contributed by atoms with Gasteiger partial charge in [-0.25, -0.2) is 0 Å². The molecule has 0 bridgehead atoms. The maximum Gasteiger partial charge on any atom is 0.227 e. The van der Waals surface area contributed by atoms with E-state index in [4.69, 9.17) is 4.74 Å². The maximum absolute atomic E-state index is 12.7. The second-order valence-electron chi connectivity index (χ2n) is 7.84. The fourth-order valence-corrected chi connectivity index (χ4v) is 5.55. The molecule has 2 heterocycles. The van der Waals surface area contributed by atoms with E-state index in [1.165, 1.54) is 11.3 Å². The molecule has 2 aliphatic rings. The van der Waals surface area contributed by atoms with Crippen LogP contribution in [0.4, 0.5) is 0 Å². The normalized spacial score (nSPS) is 28.3. The van der Waals surface area contributed by atoms with Gasteiger partial charge in [-0.15, -0.1) is 11.3 Å². The number of likely N-dealkylation sites (tertiary alicyclic amines) is 1. The Kier molecular flexibility index (Phi) is 4.13. The molecule has 0 aromatic carbocycles. The first kappa shape index (κ1) is 16.7. The summed E-state index contributed by atoms with van der Waals surface area (Å²) in [6, 6.07) is 1.85. The second-order valence-corrected chi connectivity index (χ2v) is 8.75. The number of carbonyl (C=O) groups excluding carboxylic acids is 2. The lowest BCUT2D eigenvalue weighted by molar-refractivity contribution is -0.130. The highest BCUT2D eigenvalue weighted by molar-refractivity contribution is 7.12. The molecule has 1 aromatic heterocycles. The monoisotopic (exact) mass is 335 g/mol. The highest BCUT2D eigenvalue weighted by Gasteiger charge is 2.63. The van der Waals surface area contributed by atoms with Crippen LogP contribution in [0.5, 0.6) is 0 Å². The zero-order valence-corrected chi connectivity index (χ0v) is 15.2. The largest absolute Gasteiger partial charge is 0.384 e. The van der Waals surface area contributed by atoms with E-state index in [-0.39, 0.29) is 22.5 Å². The third-order valence-corrected chi connectivity index (χ3v) is 6.62. The van der Waals surface area contributed by atoms with Gasteiger partial charge in [-0.2, -0.15) is 0 Å². The Labute approximate surface area is 141 Å². The minimum atomic E-state index is 0.0636. The molecule has 0 unspecified atom stereocenters. The molecule has 1 saturated carbocycles. The predicted molar refractivity (Wildman–Crippen MR) is 90.8 cm³/mol. The van der Waals surface area contributed by atoms with Gasteiger partial charge in [0.25, 0.3) is 0 Å². The van der Waals surface area contributed by atoms with Crippen LogP contribution in [-0.4, -0.2) is 43.4 Å². The van der Waals surface area contributed by atoms with E-state index in [0.29, 0.717) is 12.3 Å². The van der Waals surface area contributed by atoms with E-state index in [2.05, 4.69) is 13.8 Å². The lowest BCUT2D eigenvalue weighted by Crippen LogP contribution is -2.55. The number of amides is 1. The molecule has 1 saturated heterocycles. The first-order chi connectivity index (χ1) is 10.8. The number of rotatable bonds is 5. The third-order valence-electron chi connectivity index (χ3n) is 5.54. The average Bonchev–Trinajstić information content (AvgIpc) is 3.02. The van der Waals surface area contributed by atoms with Crippen molar-refractivity contribution in [3.05, 3.63) is 21.9 Å². The van der Waals surface area contributed by atoms with Crippen molar-refractivity contribution in [3.8, 4) is 0 Å². The second kappa shape index (κ2) is 5.71. The summed E-state index contributed by atoms with van der Waals surface area (Å²) in [4.78, 5) is 26.8. The zero-order chi connectivity index (χ0) is 16.8. The molecule has 3 rings (SSSR count). The number of hydrogen-bond acceptors (Lipinski definition) is 4. The summed E-state index contributed by atoms with van der Waals surface area (Å²) in [5.74, 6) is 0.751. The summed E-state index contributed by atoms with van der Waals surface area (Å²) in [5.41, 5.74) is 1.38. The van der Waals surface area contributed by atoms with Crippen molar-refractivity contribution in [3.63, 3.8) is 0 Å². The van der Waals surface area contributed by atoms with Crippen LogP contribution in [0.25, 0.3) is 0 Å². The number of ether oxygens (including phenoxy) is 1. The Morgan fingerprint density at radius 2 is 2.17 bits per heavy atom. The number of ketones is 1. The third kappa shape index (κ3) is 2.85. The van der Waals surface area contributed by atoms with Crippen molar-refractivity contribution in [1.82, 2.24) is 4.90 Å². The Balaban J connectivity index is 1.68. The molecule has 2 fully saturated rings. The number of Topliss-reactive ketones (excluding diaryl/α,β-unsaturated/α-hetero) is 1. The van der Waals surface area contributed by atoms with Gasteiger partial charge in [-0.05, 0) is 41.7 Å². The number of methoxy groups -OCH3 is 1. The van der Waals surface area contributed by atoms with E-state index in [1.807, 2.05) is 16.3 Å². The molecule has 1 amide bonds. The van der Waals surface area contributed by atoms with Crippen LogP contribution in [0.15, 0.2) is 11.4 Å².